The topological polar surface area (TPSA) is 66.9 Å². The van der Waals surface area contributed by atoms with Crippen LogP contribution in [0.2, 0.25) is 0 Å². The highest BCUT2D eigenvalue weighted by Gasteiger charge is 2.28. The van der Waals surface area contributed by atoms with Crippen LogP contribution >= 0.6 is 0 Å². The van der Waals surface area contributed by atoms with Gasteiger partial charge in [0.25, 0.3) is 15.9 Å². The van der Waals surface area contributed by atoms with Crippen molar-refractivity contribution in [1.82, 2.24) is 0 Å². The molecule has 0 aliphatic carbocycles. The zero-order chi connectivity index (χ0) is 24.8. The Morgan fingerprint density at radius 2 is 1.43 bits per heavy atom. The van der Waals surface area contributed by atoms with Crippen molar-refractivity contribution in [3.63, 3.8) is 0 Å². The normalized spacial score (nSPS) is 11.0. The van der Waals surface area contributed by atoms with E-state index in [0.29, 0.717) is 17.1 Å². The number of methoxy groups -OCH3 is 1. The lowest BCUT2D eigenvalue weighted by Gasteiger charge is -2.26. The number of hydrogen-bond acceptors (Lipinski definition) is 4. The van der Waals surface area contributed by atoms with Crippen LogP contribution in [-0.2, 0) is 16.6 Å². The van der Waals surface area contributed by atoms with Crippen LogP contribution in [0.4, 0.5) is 11.4 Å². The summed E-state index contributed by atoms with van der Waals surface area (Å²) in [4.78, 5) is 14.7. The molecule has 0 saturated carbocycles. The second kappa shape index (κ2) is 10.4. The van der Waals surface area contributed by atoms with Crippen LogP contribution in [0, 0.1) is 0 Å². The fourth-order valence-corrected chi connectivity index (χ4v) is 5.27. The first kappa shape index (κ1) is 24.0. The van der Waals surface area contributed by atoms with Crippen LogP contribution in [-0.4, -0.2) is 28.5 Å². The maximum Gasteiger partial charge on any atom is 0.264 e. The fraction of sp³-hybridized carbons (Fsp3) is 0.107. The lowest BCUT2D eigenvalue weighted by Crippen LogP contribution is -2.31. The third-order valence-corrected chi connectivity index (χ3v) is 7.40. The predicted molar refractivity (Wildman–Crippen MR) is 138 cm³/mol. The Kier molecular flexibility index (Phi) is 7.17. The SMILES string of the molecule is COc1ccccc1N(Cc1ccccc1)S(=O)(=O)c1cccc(C(=O)N(C)c2ccccc2)c1. The van der Waals surface area contributed by atoms with E-state index in [-0.39, 0.29) is 22.9 Å². The Bertz CT molecular complexity index is 1410. The molecule has 178 valence electrons. The molecule has 1 amide bonds. The molecular formula is C28H26N2O4S. The number of carbonyl (C=O) groups excluding carboxylic acids is 1. The van der Waals surface area contributed by atoms with Crippen LogP contribution in [0.3, 0.4) is 0 Å². The van der Waals surface area contributed by atoms with Crippen LogP contribution in [0.5, 0.6) is 5.75 Å². The lowest BCUT2D eigenvalue weighted by atomic mass is 10.2. The van der Waals surface area contributed by atoms with Crippen LogP contribution in [0.15, 0.2) is 114 Å². The highest BCUT2D eigenvalue weighted by atomic mass is 32.2. The summed E-state index contributed by atoms with van der Waals surface area (Å²) >= 11 is 0. The van der Waals surface area contributed by atoms with Crippen LogP contribution in [0.25, 0.3) is 0 Å². The van der Waals surface area contributed by atoms with E-state index in [2.05, 4.69) is 0 Å². The molecule has 0 N–H and O–H groups in total. The Morgan fingerprint density at radius 1 is 0.800 bits per heavy atom. The first-order valence-corrected chi connectivity index (χ1v) is 12.5. The van der Waals surface area contributed by atoms with Crippen molar-refractivity contribution >= 4 is 27.3 Å². The van der Waals surface area contributed by atoms with E-state index in [4.69, 9.17) is 4.74 Å². The Hall–Kier alpha value is -4.10. The van der Waals surface area contributed by atoms with Gasteiger partial charge in [0.15, 0.2) is 0 Å². The molecule has 0 radical (unpaired) electrons. The number of ether oxygens (including phenoxy) is 1. The molecule has 0 fully saturated rings. The van der Waals surface area contributed by atoms with Crippen molar-refractivity contribution in [3.05, 3.63) is 120 Å². The van der Waals surface area contributed by atoms with E-state index in [1.807, 2.05) is 60.7 Å². The van der Waals surface area contributed by atoms with Gasteiger partial charge in [0, 0.05) is 18.3 Å². The maximum atomic E-state index is 14.0. The van der Waals surface area contributed by atoms with Gasteiger partial charge in [0.1, 0.15) is 5.75 Å². The molecule has 6 nitrogen and oxygen atoms in total. The zero-order valence-electron chi connectivity index (χ0n) is 19.5. The van der Waals surface area contributed by atoms with Crippen molar-refractivity contribution in [2.75, 3.05) is 23.4 Å². The van der Waals surface area contributed by atoms with E-state index < -0.39 is 10.0 Å². The standard InChI is InChI=1S/C28H26N2O4S/c1-29(24-15-7-4-8-16-24)28(31)23-14-11-17-25(20-23)35(32,33)30(21-22-12-5-3-6-13-22)26-18-9-10-19-27(26)34-2/h3-20H,21H2,1-2H3. The summed E-state index contributed by atoms with van der Waals surface area (Å²) in [5, 5.41) is 0. The quantitative estimate of drug-likeness (QED) is 0.336. The Morgan fingerprint density at radius 3 is 2.11 bits per heavy atom. The minimum Gasteiger partial charge on any atom is -0.495 e. The molecule has 0 atom stereocenters. The number of carbonyl (C=O) groups is 1. The monoisotopic (exact) mass is 486 g/mol. The van der Waals surface area contributed by atoms with Gasteiger partial charge in [-0.3, -0.25) is 9.10 Å². The van der Waals surface area contributed by atoms with E-state index in [1.54, 1.807) is 43.4 Å². The summed E-state index contributed by atoms with van der Waals surface area (Å²) in [7, 11) is -0.882. The summed E-state index contributed by atoms with van der Waals surface area (Å²) < 4.78 is 34.7. The summed E-state index contributed by atoms with van der Waals surface area (Å²) in [5.41, 5.74) is 2.22. The van der Waals surface area contributed by atoms with E-state index in [9.17, 15) is 13.2 Å². The third-order valence-electron chi connectivity index (χ3n) is 5.64. The molecule has 0 spiro atoms. The molecule has 7 heteroatoms. The second-order valence-corrected chi connectivity index (χ2v) is 9.76. The average molecular weight is 487 g/mol. The third kappa shape index (κ3) is 5.20. The molecule has 0 aliphatic heterocycles. The molecule has 0 aromatic heterocycles. The molecule has 0 bridgehead atoms. The van der Waals surface area contributed by atoms with Crippen LogP contribution in [0.1, 0.15) is 15.9 Å². The van der Waals surface area contributed by atoms with Gasteiger partial charge >= 0.3 is 0 Å². The zero-order valence-corrected chi connectivity index (χ0v) is 20.4. The number of para-hydroxylation sites is 3. The summed E-state index contributed by atoms with van der Waals surface area (Å²) in [6.45, 7) is 0.103. The number of hydrogen-bond donors (Lipinski definition) is 0. The molecule has 0 heterocycles. The van der Waals surface area contributed by atoms with Gasteiger partial charge in [0.05, 0.1) is 24.2 Å². The van der Waals surface area contributed by atoms with Gasteiger partial charge in [-0.1, -0.05) is 66.7 Å². The molecule has 0 saturated heterocycles. The van der Waals surface area contributed by atoms with Gasteiger partial charge in [-0.2, -0.15) is 0 Å². The van der Waals surface area contributed by atoms with Crippen molar-refractivity contribution in [1.29, 1.82) is 0 Å². The summed E-state index contributed by atoms with van der Waals surface area (Å²) in [5.74, 6) is 0.128. The number of sulfonamides is 1. The van der Waals surface area contributed by atoms with Gasteiger partial charge in [-0.15, -0.1) is 0 Å². The molecular weight excluding hydrogens is 460 g/mol. The lowest BCUT2D eigenvalue weighted by molar-refractivity contribution is 0.0993. The number of benzene rings is 4. The number of anilines is 2. The maximum absolute atomic E-state index is 14.0. The van der Waals surface area contributed by atoms with Gasteiger partial charge in [-0.05, 0) is 48.0 Å². The highest BCUT2D eigenvalue weighted by Crippen LogP contribution is 2.34. The Labute approximate surface area is 206 Å². The fourth-order valence-electron chi connectivity index (χ4n) is 3.76. The van der Waals surface area contributed by atoms with Crippen molar-refractivity contribution in [3.8, 4) is 5.75 Å². The van der Waals surface area contributed by atoms with Crippen molar-refractivity contribution < 1.29 is 17.9 Å². The smallest absolute Gasteiger partial charge is 0.264 e. The summed E-state index contributed by atoms with van der Waals surface area (Å²) in [6, 6.07) is 31.6. The van der Waals surface area contributed by atoms with E-state index in [1.165, 1.54) is 28.4 Å². The average Bonchev–Trinajstić information content (AvgIpc) is 2.92. The van der Waals surface area contributed by atoms with Crippen molar-refractivity contribution in [2.45, 2.75) is 11.4 Å². The molecule has 4 rings (SSSR count). The highest BCUT2D eigenvalue weighted by molar-refractivity contribution is 7.92. The molecule has 35 heavy (non-hydrogen) atoms. The summed E-state index contributed by atoms with van der Waals surface area (Å²) in [6.07, 6.45) is 0. The molecule has 0 unspecified atom stereocenters. The molecule has 0 aliphatic rings. The first-order valence-electron chi connectivity index (χ1n) is 11.0. The van der Waals surface area contributed by atoms with Gasteiger partial charge in [0.2, 0.25) is 0 Å². The first-order chi connectivity index (χ1) is 16.9. The minimum atomic E-state index is -4.05. The van der Waals surface area contributed by atoms with E-state index >= 15 is 0 Å². The molecule has 4 aromatic carbocycles. The Balaban J connectivity index is 1.75. The van der Waals surface area contributed by atoms with Crippen LogP contribution < -0.4 is 13.9 Å². The van der Waals surface area contributed by atoms with Gasteiger partial charge in [-0.25, -0.2) is 8.42 Å². The van der Waals surface area contributed by atoms with E-state index in [0.717, 1.165) is 5.56 Å². The minimum absolute atomic E-state index is 0.0200. The van der Waals surface area contributed by atoms with Crippen molar-refractivity contribution in [2.24, 2.45) is 0 Å². The second-order valence-electron chi connectivity index (χ2n) is 7.90. The number of amides is 1. The predicted octanol–water partition coefficient (Wildman–Crippen LogP) is 5.37. The molecule has 4 aromatic rings. The van der Waals surface area contributed by atoms with Gasteiger partial charge < -0.3 is 9.64 Å². The number of rotatable bonds is 8. The largest absolute Gasteiger partial charge is 0.495 e. The number of nitrogens with zero attached hydrogens (tertiary/aromatic N) is 2.